The first-order valence-electron chi connectivity index (χ1n) is 14.6. The molecule has 0 radical (unpaired) electrons. The van der Waals surface area contributed by atoms with Crippen molar-refractivity contribution in [2.24, 2.45) is 5.92 Å². The molecule has 0 rings (SSSR count). The smallest absolute Gasteiger partial charge is 0.0445 e. The van der Waals surface area contributed by atoms with E-state index in [2.05, 4.69) is 62.3 Å². The van der Waals surface area contributed by atoms with E-state index in [0.717, 1.165) is 5.92 Å². The molecule has 1 atom stereocenters. The molecule has 0 fully saturated rings. The molecule has 0 aliphatic rings. The second-order valence-electron chi connectivity index (χ2n) is 7.13. The monoisotopic (exact) mass is 435 g/mol. The van der Waals surface area contributed by atoms with Crippen molar-refractivity contribution in [3.8, 4) is 0 Å². The number of hydrogen-bond donors (Lipinski definition) is 0. The highest BCUT2D eigenvalue weighted by molar-refractivity contribution is 4.49. The third-order valence-electron chi connectivity index (χ3n) is 3.95. The van der Waals surface area contributed by atoms with Crippen LogP contribution < -0.4 is 0 Å². The summed E-state index contributed by atoms with van der Waals surface area (Å²) < 4.78 is 0. The summed E-state index contributed by atoms with van der Waals surface area (Å²) >= 11 is 0. The zero-order chi connectivity index (χ0) is 25.5. The van der Waals surface area contributed by atoms with Crippen LogP contribution in [0, 0.1) is 5.92 Å². The van der Waals surface area contributed by atoms with E-state index in [1.54, 1.807) is 0 Å². The van der Waals surface area contributed by atoms with Gasteiger partial charge in [-0.15, -0.1) is 0 Å². The number of unbranched alkanes of at least 4 members (excludes halogenated alkanes) is 8. The molecule has 0 nitrogen and oxygen atoms in total. The van der Waals surface area contributed by atoms with E-state index in [0.29, 0.717) is 0 Å². The van der Waals surface area contributed by atoms with E-state index < -0.39 is 0 Å². The molecule has 0 N–H and O–H groups in total. The van der Waals surface area contributed by atoms with Crippen molar-refractivity contribution >= 4 is 0 Å². The molecule has 0 aliphatic heterocycles. The topological polar surface area (TPSA) is 0 Å². The lowest BCUT2D eigenvalue weighted by Gasteiger charge is -2.05. The lowest BCUT2D eigenvalue weighted by Crippen LogP contribution is -1.90. The molecule has 0 aromatic carbocycles. The normalized spacial score (nSPS) is 8.90. The van der Waals surface area contributed by atoms with Gasteiger partial charge in [0.2, 0.25) is 0 Å². The highest BCUT2D eigenvalue weighted by atomic mass is 14.0. The van der Waals surface area contributed by atoms with Crippen molar-refractivity contribution in [1.82, 2.24) is 0 Å². The van der Waals surface area contributed by atoms with Crippen molar-refractivity contribution in [3.05, 3.63) is 0 Å². The Balaban J connectivity index is -0.0000000458. The number of rotatable bonds is 11. The van der Waals surface area contributed by atoms with Gasteiger partial charge in [0.1, 0.15) is 0 Å². The van der Waals surface area contributed by atoms with E-state index in [1.165, 1.54) is 89.9 Å². The van der Waals surface area contributed by atoms with Crippen LogP contribution in [0.5, 0.6) is 0 Å². The maximum atomic E-state index is 2.34. The predicted molar refractivity (Wildman–Crippen MR) is 153 cm³/mol. The van der Waals surface area contributed by atoms with Crippen LogP contribution in [0.1, 0.15) is 194 Å². The average Bonchev–Trinajstić information content (AvgIpc) is 2.82. The minimum Gasteiger partial charge on any atom is -0.0683 e. The first-order valence-corrected chi connectivity index (χ1v) is 14.6. The summed E-state index contributed by atoms with van der Waals surface area (Å²) in [5, 5.41) is 0. The minimum absolute atomic E-state index is 0.955. The molecule has 194 valence electrons. The molecular weight excluding hydrogens is 360 g/mol. The molecule has 1 unspecified atom stereocenters. The molecule has 0 aliphatic carbocycles. The van der Waals surface area contributed by atoms with Crippen LogP contribution in [0.2, 0.25) is 0 Å². The van der Waals surface area contributed by atoms with Crippen molar-refractivity contribution in [2.75, 3.05) is 0 Å². The summed E-state index contributed by atoms with van der Waals surface area (Å²) in [5.41, 5.74) is 0. The quantitative estimate of drug-likeness (QED) is 0.283. The van der Waals surface area contributed by atoms with Crippen LogP contribution in [-0.4, -0.2) is 0 Å². The predicted octanol–water partition coefficient (Wildman–Crippen LogP) is 13.3. The van der Waals surface area contributed by atoms with Crippen molar-refractivity contribution < 1.29 is 0 Å². The molecule has 0 saturated carbocycles. The van der Waals surface area contributed by atoms with E-state index >= 15 is 0 Å². The largest absolute Gasteiger partial charge is 0.0683 e. The van der Waals surface area contributed by atoms with Gasteiger partial charge in [0.05, 0.1) is 0 Å². The van der Waals surface area contributed by atoms with Crippen LogP contribution in [0.3, 0.4) is 0 Å². The first kappa shape index (κ1) is 47.7. The van der Waals surface area contributed by atoms with Gasteiger partial charge in [-0.1, -0.05) is 194 Å². The van der Waals surface area contributed by atoms with Gasteiger partial charge in [-0.05, 0) is 5.92 Å². The zero-order valence-electron chi connectivity index (χ0n) is 25.5. The Hall–Kier alpha value is 0. The van der Waals surface area contributed by atoms with Gasteiger partial charge in [0.25, 0.3) is 0 Å². The van der Waals surface area contributed by atoms with Crippen LogP contribution in [0.25, 0.3) is 0 Å². The fourth-order valence-electron chi connectivity index (χ4n) is 1.80. The van der Waals surface area contributed by atoms with Gasteiger partial charge in [0, 0.05) is 0 Å². The Labute approximate surface area is 199 Å². The van der Waals surface area contributed by atoms with Gasteiger partial charge < -0.3 is 0 Å². The third kappa shape index (κ3) is 121. The highest BCUT2D eigenvalue weighted by Crippen LogP contribution is 2.11. The SMILES string of the molecule is CC.CC.CC.CCC.CCCC.CCCCCC(C)CC.CCCCCCCC. The molecule has 0 amide bonds. The molecule has 0 heteroatoms. The Kier molecular flexibility index (Phi) is 125. The van der Waals surface area contributed by atoms with E-state index in [-0.39, 0.29) is 0 Å². The Morgan fingerprint density at radius 3 is 0.867 bits per heavy atom. The van der Waals surface area contributed by atoms with Crippen LogP contribution >= 0.6 is 0 Å². The molecule has 0 spiro atoms. The van der Waals surface area contributed by atoms with E-state index in [1.807, 2.05) is 41.5 Å². The Bertz CT molecular complexity index is 131. The van der Waals surface area contributed by atoms with Gasteiger partial charge in [-0.3, -0.25) is 0 Å². The summed E-state index contributed by atoms with van der Waals surface area (Å²) in [6.45, 7) is 32.0. The summed E-state index contributed by atoms with van der Waals surface area (Å²) in [5.74, 6) is 0.955. The highest BCUT2D eigenvalue weighted by Gasteiger charge is 1.95. The summed E-state index contributed by atoms with van der Waals surface area (Å²) in [6, 6.07) is 0. The van der Waals surface area contributed by atoms with Gasteiger partial charge in [-0.25, -0.2) is 0 Å². The van der Waals surface area contributed by atoms with E-state index in [9.17, 15) is 0 Å². The molecule has 0 saturated heterocycles. The first-order chi connectivity index (χ1) is 14.6. The maximum Gasteiger partial charge on any atom is -0.0445 e. The molecule has 0 aromatic heterocycles. The summed E-state index contributed by atoms with van der Waals surface area (Å²) in [4.78, 5) is 0. The summed E-state index contributed by atoms with van der Waals surface area (Å²) in [7, 11) is 0. The second-order valence-corrected chi connectivity index (χ2v) is 7.13. The van der Waals surface area contributed by atoms with Crippen LogP contribution in [0.15, 0.2) is 0 Å². The Morgan fingerprint density at radius 1 is 0.400 bits per heavy atom. The van der Waals surface area contributed by atoms with Crippen molar-refractivity contribution in [2.45, 2.75) is 194 Å². The second kappa shape index (κ2) is 78.7. The third-order valence-corrected chi connectivity index (χ3v) is 3.95. The van der Waals surface area contributed by atoms with Crippen LogP contribution in [0.4, 0.5) is 0 Å². The molecular formula is C30H74. The van der Waals surface area contributed by atoms with Crippen molar-refractivity contribution in [3.63, 3.8) is 0 Å². The lowest BCUT2D eigenvalue weighted by atomic mass is 10.0. The van der Waals surface area contributed by atoms with Gasteiger partial charge in [-0.2, -0.15) is 0 Å². The average molecular weight is 435 g/mol. The van der Waals surface area contributed by atoms with Crippen molar-refractivity contribution in [1.29, 1.82) is 0 Å². The standard InChI is InChI=1S/C9H20.C8H18.C4H10.C3H8.3C2H6/c1-4-6-7-8-9(3)5-2;1-3-5-7-8-6-4-2;1-3-4-2;1-3-2;3*1-2/h9H,4-8H2,1-3H3;3-8H2,1-2H3;3-4H2,1-2H3;3H2,1-2H3;3*1-2H3. The zero-order valence-corrected chi connectivity index (χ0v) is 25.5. The fraction of sp³-hybridized carbons (Fsp3) is 1.00. The fourth-order valence-corrected chi connectivity index (χ4v) is 1.80. The van der Waals surface area contributed by atoms with E-state index in [4.69, 9.17) is 0 Å². The van der Waals surface area contributed by atoms with Crippen LogP contribution in [-0.2, 0) is 0 Å². The number of hydrogen-bond acceptors (Lipinski definition) is 0. The maximum absolute atomic E-state index is 2.34. The molecule has 30 heavy (non-hydrogen) atoms. The lowest BCUT2D eigenvalue weighted by molar-refractivity contribution is 0.482. The van der Waals surface area contributed by atoms with Gasteiger partial charge >= 0.3 is 0 Å². The molecule has 0 aromatic rings. The minimum atomic E-state index is 0.955. The Morgan fingerprint density at radius 2 is 0.667 bits per heavy atom. The molecule has 0 bridgehead atoms. The van der Waals surface area contributed by atoms with Gasteiger partial charge in [0.15, 0.2) is 0 Å². The molecule has 0 heterocycles. The summed E-state index contributed by atoms with van der Waals surface area (Å²) in [6.07, 6.45) is 19.4.